The maximum Gasteiger partial charge on any atom is 0.271 e. The molecule has 124 valence electrons. The average Bonchev–Trinajstić information content (AvgIpc) is 3.09. The topological polar surface area (TPSA) is 91.9 Å². The first kappa shape index (κ1) is 16.4. The molecule has 3 aromatic rings. The summed E-state index contributed by atoms with van der Waals surface area (Å²) < 4.78 is 27.4. The van der Waals surface area contributed by atoms with Gasteiger partial charge in [-0.15, -0.1) is 11.3 Å². The molecule has 0 radical (unpaired) electrons. The number of nitrogens with zero attached hydrogens (tertiary/aromatic N) is 1. The molecule has 6 nitrogen and oxygen atoms in total. The summed E-state index contributed by atoms with van der Waals surface area (Å²) in [7, 11) is -3.61. The van der Waals surface area contributed by atoms with Crippen molar-refractivity contribution in [3.63, 3.8) is 0 Å². The minimum Gasteiger partial charge on any atom is -0.307 e. The number of sulfonamides is 1. The Kier molecular flexibility index (Phi) is 4.50. The van der Waals surface area contributed by atoms with Gasteiger partial charge in [0.2, 0.25) is 0 Å². The van der Waals surface area contributed by atoms with Crippen molar-refractivity contribution in [2.45, 2.75) is 17.6 Å². The minimum absolute atomic E-state index is 0.235. The van der Waals surface area contributed by atoms with Crippen molar-refractivity contribution in [2.75, 3.05) is 4.72 Å². The van der Waals surface area contributed by atoms with Crippen LogP contribution in [0.5, 0.6) is 0 Å². The van der Waals surface area contributed by atoms with Crippen LogP contribution in [-0.2, 0) is 16.4 Å². The van der Waals surface area contributed by atoms with Crippen LogP contribution in [0.4, 0.5) is 5.69 Å². The molecule has 0 saturated carbocycles. The molecule has 0 bridgehead atoms. The molecule has 0 fully saturated rings. The second kappa shape index (κ2) is 6.58. The molecule has 2 heterocycles. The van der Waals surface area contributed by atoms with Crippen LogP contribution in [0.2, 0.25) is 0 Å². The number of rotatable bonds is 5. The maximum atomic E-state index is 12.3. The Labute approximate surface area is 143 Å². The third kappa shape index (κ3) is 3.55. The third-order valence-electron chi connectivity index (χ3n) is 3.31. The highest BCUT2D eigenvalue weighted by Gasteiger charge is 2.15. The van der Waals surface area contributed by atoms with Crippen LogP contribution in [0, 0.1) is 0 Å². The quantitative estimate of drug-likeness (QED) is 0.731. The summed E-state index contributed by atoms with van der Waals surface area (Å²) in [4.78, 5) is 18.8. The first-order valence-corrected chi connectivity index (χ1v) is 9.61. The first-order chi connectivity index (χ1) is 11.5. The van der Waals surface area contributed by atoms with Gasteiger partial charge >= 0.3 is 0 Å². The van der Waals surface area contributed by atoms with Crippen molar-refractivity contribution in [3.05, 3.63) is 63.9 Å². The summed E-state index contributed by atoms with van der Waals surface area (Å²) in [6, 6.07) is 11.4. The minimum atomic E-state index is -3.61. The standard InChI is InChI=1S/C16H15N3O3S2/c1-2-12-10-14(20)18-16(17-12)11-5-3-6-13(9-11)19-24(21,22)15-7-4-8-23-15/h3-10,19H,2H2,1H3,(H,17,18,20). The molecule has 2 aromatic heterocycles. The number of hydrogen-bond acceptors (Lipinski definition) is 5. The fourth-order valence-electron chi connectivity index (χ4n) is 2.18. The fraction of sp³-hybridized carbons (Fsp3) is 0.125. The van der Waals surface area contributed by atoms with Gasteiger partial charge in [0.05, 0.1) is 0 Å². The second-order valence-electron chi connectivity index (χ2n) is 5.06. The number of nitrogens with one attached hydrogen (secondary N) is 2. The fourth-order valence-corrected chi connectivity index (χ4v) is 4.22. The zero-order valence-electron chi connectivity index (χ0n) is 12.8. The van der Waals surface area contributed by atoms with Crippen LogP contribution in [0.3, 0.4) is 0 Å². The molecule has 0 aliphatic rings. The third-order valence-corrected chi connectivity index (χ3v) is 6.08. The van der Waals surface area contributed by atoms with E-state index in [1.54, 1.807) is 41.8 Å². The Morgan fingerprint density at radius 3 is 2.75 bits per heavy atom. The van der Waals surface area contributed by atoms with Crippen molar-refractivity contribution in [1.29, 1.82) is 0 Å². The van der Waals surface area contributed by atoms with Gasteiger partial charge in [-0.3, -0.25) is 9.52 Å². The molecule has 0 spiro atoms. The molecule has 2 N–H and O–H groups in total. The number of thiophene rings is 1. The van der Waals surface area contributed by atoms with E-state index >= 15 is 0 Å². The Balaban J connectivity index is 1.96. The Morgan fingerprint density at radius 2 is 2.04 bits per heavy atom. The molecule has 0 saturated heterocycles. The van der Waals surface area contributed by atoms with E-state index in [0.29, 0.717) is 29.2 Å². The Bertz CT molecular complexity index is 1010. The molecule has 3 rings (SSSR count). The average molecular weight is 361 g/mol. The first-order valence-electron chi connectivity index (χ1n) is 7.25. The summed E-state index contributed by atoms with van der Waals surface area (Å²) in [6.45, 7) is 1.91. The van der Waals surface area contributed by atoms with Gasteiger partial charge in [0.25, 0.3) is 15.6 Å². The monoisotopic (exact) mass is 361 g/mol. The van der Waals surface area contributed by atoms with Crippen molar-refractivity contribution < 1.29 is 8.42 Å². The van der Waals surface area contributed by atoms with E-state index in [-0.39, 0.29) is 9.77 Å². The molecule has 0 atom stereocenters. The predicted molar refractivity (Wildman–Crippen MR) is 94.8 cm³/mol. The van der Waals surface area contributed by atoms with Crippen LogP contribution >= 0.6 is 11.3 Å². The van der Waals surface area contributed by atoms with Gasteiger partial charge in [-0.1, -0.05) is 25.1 Å². The van der Waals surface area contributed by atoms with Gasteiger partial charge in [0.15, 0.2) is 0 Å². The maximum absolute atomic E-state index is 12.3. The Morgan fingerprint density at radius 1 is 1.21 bits per heavy atom. The number of aromatic nitrogens is 2. The van der Waals surface area contributed by atoms with Crippen molar-refractivity contribution >= 4 is 27.0 Å². The molecule has 0 amide bonds. The van der Waals surface area contributed by atoms with Crippen molar-refractivity contribution in [3.8, 4) is 11.4 Å². The number of anilines is 1. The van der Waals surface area contributed by atoms with Gasteiger partial charge in [-0.05, 0) is 30.0 Å². The number of benzene rings is 1. The van der Waals surface area contributed by atoms with E-state index < -0.39 is 10.0 Å². The molecule has 24 heavy (non-hydrogen) atoms. The highest BCUT2D eigenvalue weighted by atomic mass is 32.2. The van der Waals surface area contributed by atoms with Gasteiger partial charge in [-0.2, -0.15) is 0 Å². The number of aromatic amines is 1. The molecule has 0 aliphatic heterocycles. The van der Waals surface area contributed by atoms with Crippen LogP contribution in [-0.4, -0.2) is 18.4 Å². The molecule has 1 aromatic carbocycles. The van der Waals surface area contributed by atoms with Gasteiger partial charge in [-0.25, -0.2) is 13.4 Å². The van der Waals surface area contributed by atoms with E-state index in [4.69, 9.17) is 0 Å². The normalized spacial score (nSPS) is 11.4. The van der Waals surface area contributed by atoms with E-state index in [0.717, 1.165) is 11.3 Å². The highest BCUT2D eigenvalue weighted by molar-refractivity contribution is 7.94. The molecular weight excluding hydrogens is 346 g/mol. The largest absolute Gasteiger partial charge is 0.307 e. The van der Waals surface area contributed by atoms with E-state index in [2.05, 4.69) is 14.7 Å². The van der Waals surface area contributed by atoms with Gasteiger partial charge in [0.1, 0.15) is 10.0 Å². The molecule has 0 unspecified atom stereocenters. The van der Waals surface area contributed by atoms with Crippen LogP contribution in [0.1, 0.15) is 12.6 Å². The summed E-state index contributed by atoms with van der Waals surface area (Å²) in [5.74, 6) is 0.413. The lowest BCUT2D eigenvalue weighted by Gasteiger charge is -2.08. The van der Waals surface area contributed by atoms with Gasteiger partial charge < -0.3 is 4.98 Å². The predicted octanol–water partition coefficient (Wildman–Crippen LogP) is 2.86. The molecule has 8 heteroatoms. The van der Waals surface area contributed by atoms with E-state index in [1.807, 2.05) is 6.92 Å². The highest BCUT2D eigenvalue weighted by Crippen LogP contribution is 2.23. The smallest absolute Gasteiger partial charge is 0.271 e. The summed E-state index contributed by atoms with van der Waals surface area (Å²) in [6.07, 6.45) is 0.640. The zero-order valence-corrected chi connectivity index (χ0v) is 14.4. The van der Waals surface area contributed by atoms with Crippen LogP contribution in [0.15, 0.2) is 56.8 Å². The van der Waals surface area contributed by atoms with Crippen molar-refractivity contribution in [1.82, 2.24) is 9.97 Å². The molecule has 0 aliphatic carbocycles. The summed E-state index contributed by atoms with van der Waals surface area (Å²) >= 11 is 1.15. The molecular formula is C16H15N3O3S2. The van der Waals surface area contributed by atoms with Crippen LogP contribution < -0.4 is 10.3 Å². The summed E-state index contributed by atoms with van der Waals surface area (Å²) in [5.41, 5.74) is 1.49. The lowest BCUT2D eigenvalue weighted by atomic mass is 10.2. The van der Waals surface area contributed by atoms with Crippen molar-refractivity contribution in [2.24, 2.45) is 0 Å². The van der Waals surface area contributed by atoms with Crippen LogP contribution in [0.25, 0.3) is 11.4 Å². The number of aryl methyl sites for hydroxylation is 1. The lowest BCUT2D eigenvalue weighted by molar-refractivity contribution is 0.603. The SMILES string of the molecule is CCc1cc(=O)[nH]c(-c2cccc(NS(=O)(=O)c3cccs3)c2)n1. The van der Waals surface area contributed by atoms with Gasteiger partial charge in [0, 0.05) is 23.0 Å². The lowest BCUT2D eigenvalue weighted by Crippen LogP contribution is -2.12. The number of hydrogen-bond donors (Lipinski definition) is 2. The van der Waals surface area contributed by atoms with E-state index in [1.165, 1.54) is 6.07 Å². The zero-order chi connectivity index (χ0) is 17.2. The Hall–Kier alpha value is -2.45. The second-order valence-corrected chi connectivity index (χ2v) is 7.91. The number of H-pyrrole nitrogens is 1. The van der Waals surface area contributed by atoms with E-state index in [9.17, 15) is 13.2 Å². The summed E-state index contributed by atoms with van der Waals surface area (Å²) in [5, 5.41) is 1.70.